The first-order valence-corrected chi connectivity index (χ1v) is 7.22. The Morgan fingerprint density at radius 3 is 2.88 bits per heavy atom. The highest BCUT2D eigenvalue weighted by Crippen LogP contribution is 2.60. The molecular weight excluding hydrogens is 296 g/mol. The van der Waals surface area contributed by atoms with E-state index >= 15 is 0 Å². The van der Waals surface area contributed by atoms with E-state index in [9.17, 15) is 0 Å². The first-order chi connectivity index (χ1) is 8.33. The number of hydrogen-bond acceptors (Lipinski definition) is 2. The maximum atomic E-state index is 6.06. The van der Waals surface area contributed by atoms with Crippen molar-refractivity contribution < 1.29 is 4.74 Å². The summed E-state index contributed by atoms with van der Waals surface area (Å²) in [6.07, 6.45) is 0.195. The summed E-state index contributed by atoms with van der Waals surface area (Å²) in [6, 6.07) is 14.8. The Labute approximate surface area is 112 Å². The molecule has 0 N–H and O–H groups in total. The van der Waals surface area contributed by atoms with Crippen LogP contribution in [0.5, 0.6) is 5.75 Å². The van der Waals surface area contributed by atoms with Gasteiger partial charge in [0.15, 0.2) is 0 Å². The first kappa shape index (κ1) is 10.0. The van der Waals surface area contributed by atoms with Gasteiger partial charge in [-0.05, 0) is 18.2 Å². The minimum Gasteiger partial charge on any atom is -0.484 e. The molecule has 0 bridgehead atoms. The third-order valence-corrected chi connectivity index (χ3v) is 5.15. The topological polar surface area (TPSA) is 9.23 Å². The highest BCUT2D eigenvalue weighted by molar-refractivity contribution is 9.10. The highest BCUT2D eigenvalue weighted by Gasteiger charge is 2.42. The van der Waals surface area contributed by atoms with Crippen LogP contribution in [0.15, 0.2) is 51.8 Å². The number of thioether (sulfide) groups is 1. The van der Waals surface area contributed by atoms with E-state index in [0.29, 0.717) is 5.25 Å². The molecular formula is C14H9BrOS. The summed E-state index contributed by atoms with van der Waals surface area (Å²) in [4.78, 5) is 1.34. The Morgan fingerprint density at radius 1 is 1.06 bits per heavy atom. The lowest BCUT2D eigenvalue weighted by molar-refractivity contribution is 0.237. The molecule has 2 unspecified atom stereocenters. The minimum absolute atomic E-state index is 0.195. The Balaban J connectivity index is 1.84. The van der Waals surface area contributed by atoms with Crippen molar-refractivity contribution in [2.45, 2.75) is 16.2 Å². The van der Waals surface area contributed by atoms with Crippen LogP contribution in [0, 0.1) is 0 Å². The smallest absolute Gasteiger partial charge is 0.141 e. The molecule has 0 radical (unpaired) electrons. The molecule has 2 aliphatic rings. The van der Waals surface area contributed by atoms with Crippen molar-refractivity contribution in [3.63, 3.8) is 0 Å². The molecule has 2 heterocycles. The molecule has 0 spiro atoms. The molecule has 0 saturated heterocycles. The molecule has 17 heavy (non-hydrogen) atoms. The summed E-state index contributed by atoms with van der Waals surface area (Å²) in [7, 11) is 0. The van der Waals surface area contributed by atoms with Crippen LogP contribution in [-0.2, 0) is 0 Å². The van der Waals surface area contributed by atoms with Crippen LogP contribution in [0.2, 0.25) is 0 Å². The molecule has 0 saturated carbocycles. The molecule has 2 aromatic rings. The second-order valence-corrected chi connectivity index (χ2v) is 6.40. The lowest BCUT2D eigenvalue weighted by Crippen LogP contribution is -2.01. The predicted octanol–water partition coefficient (Wildman–Crippen LogP) is 4.73. The van der Waals surface area contributed by atoms with Crippen molar-refractivity contribution >= 4 is 27.7 Å². The Hall–Kier alpha value is -0.930. The predicted molar refractivity (Wildman–Crippen MR) is 72.6 cm³/mol. The van der Waals surface area contributed by atoms with E-state index in [1.165, 1.54) is 16.0 Å². The van der Waals surface area contributed by atoms with Gasteiger partial charge in [0.25, 0.3) is 0 Å². The zero-order valence-electron chi connectivity index (χ0n) is 8.89. The van der Waals surface area contributed by atoms with Crippen LogP contribution in [0.1, 0.15) is 22.5 Å². The van der Waals surface area contributed by atoms with Crippen LogP contribution in [-0.4, -0.2) is 0 Å². The van der Waals surface area contributed by atoms with Gasteiger partial charge >= 0.3 is 0 Å². The third-order valence-electron chi connectivity index (χ3n) is 3.29. The summed E-state index contributed by atoms with van der Waals surface area (Å²) in [6.45, 7) is 0. The molecule has 0 amide bonds. The molecule has 0 fully saturated rings. The second kappa shape index (κ2) is 3.53. The molecule has 1 nitrogen and oxygen atoms in total. The van der Waals surface area contributed by atoms with E-state index in [1.807, 2.05) is 17.8 Å². The fourth-order valence-corrected chi connectivity index (χ4v) is 4.47. The van der Waals surface area contributed by atoms with E-state index in [4.69, 9.17) is 4.74 Å². The SMILES string of the molecule is Brc1ccc2c(c1)SC1c3ccccc3OC21. The fourth-order valence-electron chi connectivity index (χ4n) is 2.52. The van der Waals surface area contributed by atoms with Crippen molar-refractivity contribution in [3.8, 4) is 5.75 Å². The van der Waals surface area contributed by atoms with Gasteiger partial charge in [0.2, 0.25) is 0 Å². The van der Waals surface area contributed by atoms with Gasteiger partial charge in [-0.15, -0.1) is 11.8 Å². The van der Waals surface area contributed by atoms with Crippen LogP contribution in [0.3, 0.4) is 0 Å². The van der Waals surface area contributed by atoms with Gasteiger partial charge in [0.1, 0.15) is 11.9 Å². The van der Waals surface area contributed by atoms with Crippen molar-refractivity contribution in [1.29, 1.82) is 0 Å². The third kappa shape index (κ3) is 1.39. The lowest BCUT2D eigenvalue weighted by atomic mass is 10.0. The minimum atomic E-state index is 0.195. The maximum absolute atomic E-state index is 6.06. The molecule has 2 atom stereocenters. The fraction of sp³-hybridized carbons (Fsp3) is 0.143. The van der Waals surface area contributed by atoms with Crippen LogP contribution in [0.25, 0.3) is 0 Å². The van der Waals surface area contributed by atoms with E-state index in [2.05, 4.69) is 52.3 Å². The number of para-hydroxylation sites is 1. The monoisotopic (exact) mass is 304 g/mol. The van der Waals surface area contributed by atoms with Gasteiger partial charge in [-0.25, -0.2) is 0 Å². The molecule has 2 aliphatic heterocycles. The standard InChI is InChI=1S/C14H9BrOS/c15-8-5-6-10-12(7-8)17-14-9-3-1-2-4-11(9)16-13(10)14/h1-7,13-14H. The van der Waals surface area contributed by atoms with Gasteiger partial charge in [0, 0.05) is 20.5 Å². The average Bonchev–Trinajstić information content (AvgIpc) is 2.84. The summed E-state index contributed by atoms with van der Waals surface area (Å²) >= 11 is 5.43. The summed E-state index contributed by atoms with van der Waals surface area (Å²) in [5.41, 5.74) is 2.65. The number of ether oxygens (including phenoxy) is 1. The number of hydrogen-bond donors (Lipinski definition) is 0. The van der Waals surface area contributed by atoms with E-state index in [1.54, 1.807) is 0 Å². The molecule has 3 heteroatoms. The summed E-state index contributed by atoms with van der Waals surface area (Å²) in [5, 5.41) is 0.426. The number of halogens is 1. The lowest BCUT2D eigenvalue weighted by Gasteiger charge is -2.09. The Kier molecular flexibility index (Phi) is 2.08. The Bertz CT molecular complexity index is 611. The van der Waals surface area contributed by atoms with Crippen LogP contribution in [0.4, 0.5) is 0 Å². The summed E-state index contributed by atoms with van der Waals surface area (Å²) in [5.74, 6) is 1.04. The van der Waals surface area contributed by atoms with Crippen LogP contribution >= 0.6 is 27.7 Å². The van der Waals surface area contributed by atoms with Gasteiger partial charge in [-0.3, -0.25) is 0 Å². The molecule has 4 rings (SSSR count). The zero-order valence-corrected chi connectivity index (χ0v) is 11.3. The van der Waals surface area contributed by atoms with Crippen molar-refractivity contribution in [3.05, 3.63) is 58.1 Å². The molecule has 84 valence electrons. The van der Waals surface area contributed by atoms with Gasteiger partial charge in [-0.2, -0.15) is 0 Å². The van der Waals surface area contributed by atoms with Crippen molar-refractivity contribution in [2.75, 3.05) is 0 Å². The maximum Gasteiger partial charge on any atom is 0.141 e. The first-order valence-electron chi connectivity index (χ1n) is 5.54. The Morgan fingerprint density at radius 2 is 1.94 bits per heavy atom. The van der Waals surface area contributed by atoms with E-state index in [-0.39, 0.29) is 6.10 Å². The quantitative estimate of drug-likeness (QED) is 0.696. The van der Waals surface area contributed by atoms with Gasteiger partial charge in [0.05, 0.1) is 5.25 Å². The number of benzene rings is 2. The van der Waals surface area contributed by atoms with E-state index in [0.717, 1.165) is 10.2 Å². The molecule has 0 aliphatic carbocycles. The van der Waals surface area contributed by atoms with Crippen molar-refractivity contribution in [2.24, 2.45) is 0 Å². The highest BCUT2D eigenvalue weighted by atomic mass is 79.9. The largest absolute Gasteiger partial charge is 0.484 e. The summed E-state index contributed by atoms with van der Waals surface area (Å²) < 4.78 is 7.20. The van der Waals surface area contributed by atoms with Gasteiger partial charge < -0.3 is 4.74 Å². The van der Waals surface area contributed by atoms with E-state index < -0.39 is 0 Å². The number of fused-ring (bicyclic) bond motifs is 5. The molecule has 0 aromatic heterocycles. The average molecular weight is 305 g/mol. The van der Waals surface area contributed by atoms with Gasteiger partial charge in [-0.1, -0.05) is 40.2 Å². The normalized spacial score (nSPS) is 23.8. The van der Waals surface area contributed by atoms with Crippen molar-refractivity contribution in [1.82, 2.24) is 0 Å². The molecule has 2 aromatic carbocycles. The zero-order chi connectivity index (χ0) is 11.4. The van der Waals surface area contributed by atoms with Crippen LogP contribution < -0.4 is 4.74 Å². The number of rotatable bonds is 0. The second-order valence-electron chi connectivity index (χ2n) is 4.30.